The Bertz CT molecular complexity index is 908. The summed E-state index contributed by atoms with van der Waals surface area (Å²) >= 11 is 1.83. The van der Waals surface area contributed by atoms with Crippen LogP contribution in [0.2, 0.25) is 0 Å². The van der Waals surface area contributed by atoms with Crippen LogP contribution in [0, 0.1) is 5.92 Å². The highest BCUT2D eigenvalue weighted by molar-refractivity contribution is 7.18. The second-order valence-corrected chi connectivity index (χ2v) is 7.56. The fraction of sp³-hybridized carbons (Fsp3) is 0.286. The van der Waals surface area contributed by atoms with Gasteiger partial charge in [0, 0.05) is 20.5 Å². The molecule has 0 bridgehead atoms. The van der Waals surface area contributed by atoms with Crippen LogP contribution in [0.5, 0.6) is 0 Å². The lowest BCUT2D eigenvalue weighted by Crippen LogP contribution is -2.20. The van der Waals surface area contributed by atoms with E-state index in [1.54, 1.807) is 0 Å². The Morgan fingerprint density at radius 2 is 1.91 bits per heavy atom. The molecule has 0 N–H and O–H groups in total. The van der Waals surface area contributed by atoms with Crippen LogP contribution in [0.1, 0.15) is 30.2 Å². The molecule has 0 saturated heterocycles. The van der Waals surface area contributed by atoms with Gasteiger partial charge in [-0.05, 0) is 48.4 Å². The first-order valence-electron chi connectivity index (χ1n) is 8.40. The van der Waals surface area contributed by atoms with Gasteiger partial charge in [-0.3, -0.25) is 4.79 Å². The van der Waals surface area contributed by atoms with Crippen LogP contribution in [0.25, 0.3) is 21.2 Å². The van der Waals surface area contributed by atoms with E-state index in [1.165, 1.54) is 28.8 Å². The summed E-state index contributed by atoms with van der Waals surface area (Å²) in [6, 6.07) is 16.7. The van der Waals surface area contributed by atoms with E-state index in [0.29, 0.717) is 0 Å². The molecule has 0 amide bonds. The molecule has 1 atom stereocenters. The van der Waals surface area contributed by atoms with E-state index < -0.39 is 0 Å². The summed E-state index contributed by atoms with van der Waals surface area (Å²) in [5.74, 6) is 0.743. The molecule has 0 radical (unpaired) electrons. The third kappa shape index (κ3) is 2.61. The summed E-state index contributed by atoms with van der Waals surface area (Å²) in [5.41, 5.74) is 3.75. The normalized spacial score (nSPS) is 17.2. The van der Waals surface area contributed by atoms with E-state index >= 15 is 0 Å². The van der Waals surface area contributed by atoms with Gasteiger partial charge in [0.15, 0.2) is 5.43 Å². The second-order valence-electron chi connectivity index (χ2n) is 6.43. The average Bonchev–Trinajstić information content (AvgIpc) is 2.61. The van der Waals surface area contributed by atoms with Gasteiger partial charge in [-0.15, -0.1) is 11.3 Å². The molecule has 3 aromatic rings. The molecule has 1 nitrogen and oxygen atoms in total. The quantitative estimate of drug-likeness (QED) is 0.614. The van der Waals surface area contributed by atoms with Crippen molar-refractivity contribution in [3.63, 3.8) is 0 Å². The number of hydrogen-bond acceptors (Lipinski definition) is 2. The maximum atomic E-state index is 12.8. The number of fused-ring (bicyclic) bond motifs is 2. The van der Waals surface area contributed by atoms with Crippen molar-refractivity contribution in [3.05, 3.63) is 69.2 Å². The van der Waals surface area contributed by atoms with Gasteiger partial charge in [0.05, 0.1) is 0 Å². The van der Waals surface area contributed by atoms with Crippen LogP contribution in [0.15, 0.2) is 53.3 Å². The molecule has 1 unspecified atom stereocenters. The second kappa shape index (κ2) is 5.93. The third-order valence-electron chi connectivity index (χ3n) is 5.03. The fourth-order valence-electron chi connectivity index (χ4n) is 3.57. The lowest BCUT2D eigenvalue weighted by atomic mass is 9.86. The van der Waals surface area contributed by atoms with Gasteiger partial charge in [0.1, 0.15) is 0 Å². The highest BCUT2D eigenvalue weighted by Gasteiger charge is 2.21. The van der Waals surface area contributed by atoms with E-state index in [-0.39, 0.29) is 5.43 Å². The van der Waals surface area contributed by atoms with E-state index in [0.717, 1.165) is 34.4 Å². The van der Waals surface area contributed by atoms with Gasteiger partial charge in [-0.25, -0.2) is 0 Å². The number of hydrogen-bond donors (Lipinski definition) is 0. The van der Waals surface area contributed by atoms with Crippen LogP contribution in [0.4, 0.5) is 0 Å². The zero-order valence-electron chi connectivity index (χ0n) is 13.3. The van der Waals surface area contributed by atoms with Crippen molar-refractivity contribution in [3.8, 4) is 11.1 Å². The minimum absolute atomic E-state index is 0.267. The zero-order chi connectivity index (χ0) is 15.8. The minimum Gasteiger partial charge on any atom is -0.289 e. The molecule has 1 aliphatic carbocycles. The maximum absolute atomic E-state index is 12.8. The summed E-state index contributed by atoms with van der Waals surface area (Å²) < 4.78 is 1.13. The molecule has 2 heteroatoms. The highest BCUT2D eigenvalue weighted by Crippen LogP contribution is 2.33. The van der Waals surface area contributed by atoms with Crippen LogP contribution >= 0.6 is 11.3 Å². The molecule has 0 spiro atoms. The average molecular weight is 320 g/mol. The van der Waals surface area contributed by atoms with Crippen molar-refractivity contribution in [2.24, 2.45) is 5.92 Å². The van der Waals surface area contributed by atoms with E-state index in [2.05, 4.69) is 43.3 Å². The summed E-state index contributed by atoms with van der Waals surface area (Å²) in [7, 11) is 0. The van der Waals surface area contributed by atoms with Crippen LogP contribution in [-0.4, -0.2) is 0 Å². The fourth-order valence-corrected chi connectivity index (χ4v) is 4.93. The monoisotopic (exact) mass is 320 g/mol. The predicted molar refractivity (Wildman–Crippen MR) is 99.3 cm³/mol. The molecule has 116 valence electrons. The maximum Gasteiger partial charge on any atom is 0.191 e. The first kappa shape index (κ1) is 14.6. The van der Waals surface area contributed by atoms with Gasteiger partial charge >= 0.3 is 0 Å². The summed E-state index contributed by atoms with van der Waals surface area (Å²) in [6.07, 6.45) is 4.41. The number of benzene rings is 2. The van der Waals surface area contributed by atoms with Crippen LogP contribution in [-0.2, 0) is 12.8 Å². The van der Waals surface area contributed by atoms with Crippen molar-refractivity contribution in [2.45, 2.75) is 32.6 Å². The van der Waals surface area contributed by atoms with Crippen LogP contribution < -0.4 is 5.43 Å². The van der Waals surface area contributed by atoms with Crippen molar-refractivity contribution in [2.75, 3.05) is 0 Å². The van der Waals surface area contributed by atoms with Crippen molar-refractivity contribution < 1.29 is 0 Å². The molecule has 1 aliphatic rings. The highest BCUT2D eigenvalue weighted by atomic mass is 32.1. The van der Waals surface area contributed by atoms with Gasteiger partial charge in [-0.1, -0.05) is 49.7 Å². The molecule has 4 rings (SSSR count). The van der Waals surface area contributed by atoms with E-state index in [4.69, 9.17) is 0 Å². The van der Waals surface area contributed by atoms with Gasteiger partial charge in [0.25, 0.3) is 0 Å². The minimum atomic E-state index is 0.267. The molecule has 0 aliphatic heterocycles. The Hall–Kier alpha value is -1.93. The molecular formula is C21H20OS. The summed E-state index contributed by atoms with van der Waals surface area (Å²) in [6.45, 7) is 2.26. The third-order valence-corrected chi connectivity index (χ3v) is 6.25. The lowest BCUT2D eigenvalue weighted by molar-refractivity contribution is 0.448. The Balaban J connectivity index is 1.87. The predicted octanol–water partition coefficient (Wildman–Crippen LogP) is 5.44. The van der Waals surface area contributed by atoms with Crippen LogP contribution in [0.3, 0.4) is 0 Å². The SMILES string of the molecule is CCC1CCc2c(sc3cc(-c4ccccc4)ccc3c2=O)C1. The summed E-state index contributed by atoms with van der Waals surface area (Å²) in [5, 5.41) is 0.892. The Morgan fingerprint density at radius 1 is 1.09 bits per heavy atom. The molecule has 0 fully saturated rings. The van der Waals surface area contributed by atoms with Crippen molar-refractivity contribution in [1.82, 2.24) is 0 Å². The van der Waals surface area contributed by atoms with Crippen molar-refractivity contribution in [1.29, 1.82) is 0 Å². The van der Waals surface area contributed by atoms with Gasteiger partial charge in [0.2, 0.25) is 0 Å². The van der Waals surface area contributed by atoms with Gasteiger partial charge in [-0.2, -0.15) is 0 Å². The van der Waals surface area contributed by atoms with E-state index in [9.17, 15) is 4.79 Å². The topological polar surface area (TPSA) is 17.1 Å². The molecule has 23 heavy (non-hydrogen) atoms. The Kier molecular flexibility index (Phi) is 3.78. The molecule has 1 heterocycles. The largest absolute Gasteiger partial charge is 0.289 e. The standard InChI is InChI=1S/C21H20OS/c1-2-14-8-10-17-19(12-14)23-20-13-16(9-11-18(20)21(17)22)15-6-4-3-5-7-15/h3-7,9,11,13-14H,2,8,10,12H2,1H3. The first-order valence-corrected chi connectivity index (χ1v) is 9.22. The van der Waals surface area contributed by atoms with Crippen molar-refractivity contribution >= 4 is 21.4 Å². The first-order chi connectivity index (χ1) is 11.3. The van der Waals surface area contributed by atoms with Gasteiger partial charge < -0.3 is 0 Å². The smallest absolute Gasteiger partial charge is 0.191 e. The lowest BCUT2D eigenvalue weighted by Gasteiger charge is -2.22. The number of rotatable bonds is 2. The molecule has 1 aromatic heterocycles. The molecular weight excluding hydrogens is 300 g/mol. The van der Waals surface area contributed by atoms with E-state index in [1.807, 2.05) is 23.5 Å². The molecule has 0 saturated carbocycles. The Morgan fingerprint density at radius 3 is 2.70 bits per heavy atom. The molecule has 2 aromatic carbocycles. The summed E-state index contributed by atoms with van der Waals surface area (Å²) in [4.78, 5) is 14.1. The zero-order valence-corrected chi connectivity index (χ0v) is 14.2. The Labute approximate surface area is 140 Å².